The molecular weight excluding hydrogens is 300 g/mol. The monoisotopic (exact) mass is 324 g/mol. The standard InChI is InChI=1S/C17H25ClN2O2/c1-3-15(12-22-2)19-16-8-10-20(11-9-16)17(21)13-4-6-14(18)7-5-13/h4-7,15-16,19H,3,8-12H2,1-2H3/t15-/m1/s1. The summed E-state index contributed by atoms with van der Waals surface area (Å²) in [5.74, 6) is 0.0963. The molecule has 1 N–H and O–H groups in total. The summed E-state index contributed by atoms with van der Waals surface area (Å²) in [6, 6.07) is 7.98. The quantitative estimate of drug-likeness (QED) is 0.874. The molecule has 2 rings (SSSR count). The molecule has 22 heavy (non-hydrogen) atoms. The van der Waals surface area contributed by atoms with Gasteiger partial charge in [-0.3, -0.25) is 4.79 Å². The molecule has 1 aliphatic rings. The number of benzene rings is 1. The largest absolute Gasteiger partial charge is 0.383 e. The second-order valence-corrected chi connectivity index (χ2v) is 6.24. The van der Waals surface area contributed by atoms with Gasteiger partial charge in [0.1, 0.15) is 0 Å². The van der Waals surface area contributed by atoms with E-state index in [2.05, 4.69) is 12.2 Å². The summed E-state index contributed by atoms with van der Waals surface area (Å²) in [5.41, 5.74) is 0.710. The van der Waals surface area contributed by atoms with Gasteiger partial charge in [0.15, 0.2) is 0 Å². The molecule has 1 aromatic carbocycles. The normalized spacial score (nSPS) is 17.5. The molecule has 122 valence electrons. The summed E-state index contributed by atoms with van der Waals surface area (Å²) < 4.78 is 5.23. The number of hydrogen-bond donors (Lipinski definition) is 1. The highest BCUT2D eigenvalue weighted by Crippen LogP contribution is 2.16. The van der Waals surface area contributed by atoms with Crippen molar-refractivity contribution in [3.63, 3.8) is 0 Å². The number of methoxy groups -OCH3 is 1. The molecule has 4 nitrogen and oxygen atoms in total. The van der Waals surface area contributed by atoms with Crippen LogP contribution in [-0.4, -0.2) is 49.7 Å². The van der Waals surface area contributed by atoms with Crippen LogP contribution < -0.4 is 5.32 Å². The average molecular weight is 325 g/mol. The van der Waals surface area contributed by atoms with Gasteiger partial charge in [-0.05, 0) is 43.5 Å². The van der Waals surface area contributed by atoms with Crippen LogP contribution in [-0.2, 0) is 4.74 Å². The molecule has 0 spiro atoms. The van der Waals surface area contributed by atoms with Crippen LogP contribution in [0.3, 0.4) is 0 Å². The Morgan fingerprint density at radius 2 is 2.00 bits per heavy atom. The maximum atomic E-state index is 12.4. The summed E-state index contributed by atoms with van der Waals surface area (Å²) >= 11 is 5.87. The van der Waals surface area contributed by atoms with E-state index >= 15 is 0 Å². The lowest BCUT2D eigenvalue weighted by atomic mass is 10.0. The molecule has 0 saturated carbocycles. The number of nitrogens with one attached hydrogen (secondary N) is 1. The van der Waals surface area contributed by atoms with E-state index in [9.17, 15) is 4.79 Å². The van der Waals surface area contributed by atoms with Gasteiger partial charge in [0.2, 0.25) is 0 Å². The molecule has 1 fully saturated rings. The van der Waals surface area contributed by atoms with Crippen molar-refractivity contribution in [1.82, 2.24) is 10.2 Å². The average Bonchev–Trinajstić information content (AvgIpc) is 2.55. The van der Waals surface area contributed by atoms with Gasteiger partial charge in [-0.2, -0.15) is 0 Å². The molecule has 1 atom stereocenters. The Kier molecular flexibility index (Phi) is 6.68. The Morgan fingerprint density at radius 1 is 1.36 bits per heavy atom. The van der Waals surface area contributed by atoms with Crippen molar-refractivity contribution in [2.45, 2.75) is 38.3 Å². The SMILES string of the molecule is CC[C@H](COC)NC1CCN(C(=O)c2ccc(Cl)cc2)CC1. The Morgan fingerprint density at radius 3 is 2.55 bits per heavy atom. The molecule has 5 heteroatoms. The summed E-state index contributed by atoms with van der Waals surface area (Å²) in [4.78, 5) is 14.4. The minimum Gasteiger partial charge on any atom is -0.383 e. The number of nitrogens with zero attached hydrogens (tertiary/aromatic N) is 1. The number of carbonyl (C=O) groups excluding carboxylic acids is 1. The molecule has 1 aromatic rings. The number of piperidine rings is 1. The number of ether oxygens (including phenoxy) is 1. The van der Waals surface area contributed by atoms with E-state index in [-0.39, 0.29) is 5.91 Å². The summed E-state index contributed by atoms with van der Waals surface area (Å²) in [7, 11) is 1.73. The lowest BCUT2D eigenvalue weighted by Crippen LogP contribution is -2.48. The first-order chi connectivity index (χ1) is 10.6. The Balaban J connectivity index is 1.83. The molecular formula is C17H25ClN2O2. The Bertz CT molecular complexity index is 470. The van der Waals surface area contributed by atoms with Gasteiger partial charge in [-0.1, -0.05) is 18.5 Å². The number of hydrogen-bond acceptors (Lipinski definition) is 3. The molecule has 0 aromatic heterocycles. The second-order valence-electron chi connectivity index (χ2n) is 5.80. The van der Waals surface area contributed by atoms with E-state index in [1.165, 1.54) is 0 Å². The van der Waals surface area contributed by atoms with Crippen LogP contribution in [0.4, 0.5) is 0 Å². The lowest BCUT2D eigenvalue weighted by molar-refractivity contribution is 0.0693. The highest BCUT2D eigenvalue weighted by atomic mass is 35.5. The third kappa shape index (κ3) is 4.70. The third-order valence-electron chi connectivity index (χ3n) is 4.21. The van der Waals surface area contributed by atoms with Gasteiger partial charge in [-0.25, -0.2) is 0 Å². The maximum Gasteiger partial charge on any atom is 0.253 e. The molecule has 1 amide bonds. The van der Waals surface area contributed by atoms with Gasteiger partial charge < -0.3 is 15.0 Å². The molecule has 1 saturated heterocycles. The zero-order valence-corrected chi connectivity index (χ0v) is 14.1. The van der Waals surface area contributed by atoms with Crippen LogP contribution in [0.25, 0.3) is 0 Å². The molecule has 0 radical (unpaired) electrons. The van der Waals surface area contributed by atoms with E-state index in [4.69, 9.17) is 16.3 Å². The zero-order chi connectivity index (χ0) is 15.9. The maximum absolute atomic E-state index is 12.4. The molecule has 1 aliphatic heterocycles. The first-order valence-corrected chi connectivity index (χ1v) is 8.31. The van der Waals surface area contributed by atoms with Crippen LogP contribution in [0.1, 0.15) is 36.5 Å². The van der Waals surface area contributed by atoms with Gasteiger partial charge in [-0.15, -0.1) is 0 Å². The van der Waals surface area contributed by atoms with E-state index in [0.29, 0.717) is 22.7 Å². The number of halogens is 1. The molecule has 1 heterocycles. The second kappa shape index (κ2) is 8.51. The van der Waals surface area contributed by atoms with Crippen molar-refractivity contribution < 1.29 is 9.53 Å². The minimum absolute atomic E-state index is 0.0963. The summed E-state index contributed by atoms with van der Waals surface area (Å²) in [5, 5.41) is 4.29. The summed E-state index contributed by atoms with van der Waals surface area (Å²) in [6.07, 6.45) is 3.02. The fourth-order valence-corrected chi connectivity index (χ4v) is 2.97. The fourth-order valence-electron chi connectivity index (χ4n) is 2.84. The van der Waals surface area contributed by atoms with Gasteiger partial charge >= 0.3 is 0 Å². The van der Waals surface area contributed by atoms with Crippen molar-refractivity contribution in [1.29, 1.82) is 0 Å². The van der Waals surface area contributed by atoms with Crippen molar-refractivity contribution >= 4 is 17.5 Å². The lowest BCUT2D eigenvalue weighted by Gasteiger charge is -2.34. The predicted octanol–water partition coefficient (Wildman–Crippen LogP) is 2.96. The Labute approximate surface area is 137 Å². The number of rotatable bonds is 6. The summed E-state index contributed by atoms with van der Waals surface area (Å²) in [6.45, 7) is 4.49. The zero-order valence-electron chi connectivity index (χ0n) is 13.3. The molecule has 0 aliphatic carbocycles. The topological polar surface area (TPSA) is 41.6 Å². The smallest absolute Gasteiger partial charge is 0.253 e. The number of likely N-dealkylation sites (tertiary alicyclic amines) is 1. The van der Waals surface area contributed by atoms with Gasteiger partial charge in [0.25, 0.3) is 5.91 Å². The van der Waals surface area contributed by atoms with Gasteiger partial charge in [0, 0.05) is 42.9 Å². The van der Waals surface area contributed by atoms with Crippen LogP contribution >= 0.6 is 11.6 Å². The Hall–Kier alpha value is -1.10. The molecule has 0 unspecified atom stereocenters. The van der Waals surface area contributed by atoms with Crippen molar-refractivity contribution in [2.24, 2.45) is 0 Å². The first kappa shape index (κ1) is 17.3. The number of amides is 1. The number of carbonyl (C=O) groups is 1. The van der Waals surface area contributed by atoms with Crippen LogP contribution in [0, 0.1) is 0 Å². The van der Waals surface area contributed by atoms with Crippen molar-refractivity contribution in [3.05, 3.63) is 34.9 Å². The van der Waals surface area contributed by atoms with Gasteiger partial charge in [0.05, 0.1) is 6.61 Å². The highest BCUT2D eigenvalue weighted by Gasteiger charge is 2.24. The fraction of sp³-hybridized carbons (Fsp3) is 0.588. The first-order valence-electron chi connectivity index (χ1n) is 7.93. The third-order valence-corrected chi connectivity index (χ3v) is 4.46. The van der Waals surface area contributed by atoms with Crippen LogP contribution in [0.5, 0.6) is 0 Å². The van der Waals surface area contributed by atoms with Crippen LogP contribution in [0.15, 0.2) is 24.3 Å². The van der Waals surface area contributed by atoms with E-state index in [1.54, 1.807) is 31.4 Å². The van der Waals surface area contributed by atoms with Crippen molar-refractivity contribution in [3.8, 4) is 0 Å². The molecule has 0 bridgehead atoms. The van der Waals surface area contributed by atoms with E-state index in [0.717, 1.165) is 39.0 Å². The van der Waals surface area contributed by atoms with E-state index < -0.39 is 0 Å². The van der Waals surface area contributed by atoms with E-state index in [1.807, 2.05) is 4.90 Å². The minimum atomic E-state index is 0.0963. The predicted molar refractivity (Wildman–Crippen MR) is 89.5 cm³/mol. The van der Waals surface area contributed by atoms with Crippen molar-refractivity contribution in [2.75, 3.05) is 26.8 Å². The highest BCUT2D eigenvalue weighted by molar-refractivity contribution is 6.30. The van der Waals surface area contributed by atoms with Crippen LogP contribution in [0.2, 0.25) is 5.02 Å².